The number of nitrogens with one attached hydrogen (secondary N) is 2. The summed E-state index contributed by atoms with van der Waals surface area (Å²) in [5.74, 6) is -6.78. The van der Waals surface area contributed by atoms with Crippen molar-refractivity contribution in [2.45, 2.75) is 5.92 Å². The Kier molecular flexibility index (Phi) is 6.55. The molecule has 184 valence electrons. The summed E-state index contributed by atoms with van der Waals surface area (Å²) < 4.78 is 0. The van der Waals surface area contributed by atoms with E-state index in [9.17, 15) is 19.2 Å². The van der Waals surface area contributed by atoms with Crippen LogP contribution in [-0.4, -0.2) is 38.8 Å². The third-order valence-electron chi connectivity index (χ3n) is 6.24. The molecule has 2 atom stereocenters. The van der Waals surface area contributed by atoms with Crippen LogP contribution in [0.2, 0.25) is 0 Å². The van der Waals surface area contributed by atoms with E-state index in [-0.39, 0.29) is 10.2 Å². The van der Waals surface area contributed by atoms with Crippen molar-refractivity contribution in [2.24, 2.45) is 11.8 Å². The van der Waals surface area contributed by atoms with E-state index < -0.39 is 41.4 Å². The van der Waals surface area contributed by atoms with Gasteiger partial charge >= 0.3 is 0 Å². The van der Waals surface area contributed by atoms with Gasteiger partial charge in [-0.05, 0) is 66.4 Å². The van der Waals surface area contributed by atoms with Crippen LogP contribution in [0.25, 0.3) is 0 Å². The van der Waals surface area contributed by atoms with Gasteiger partial charge in [0, 0.05) is 18.3 Å². The zero-order chi connectivity index (χ0) is 26.1. The van der Waals surface area contributed by atoms with Gasteiger partial charge in [-0.15, -0.1) is 0 Å². The molecule has 9 nitrogen and oxygen atoms in total. The molecule has 0 saturated carbocycles. The summed E-state index contributed by atoms with van der Waals surface area (Å²) in [7, 11) is 0. The number of benzene rings is 2. The molecule has 0 bridgehead atoms. The first kappa shape index (κ1) is 24.3. The highest BCUT2D eigenvalue weighted by molar-refractivity contribution is 7.80. The van der Waals surface area contributed by atoms with Crippen LogP contribution >= 0.6 is 24.4 Å². The molecule has 2 aromatic carbocycles. The van der Waals surface area contributed by atoms with E-state index in [4.69, 9.17) is 24.4 Å². The fourth-order valence-corrected chi connectivity index (χ4v) is 5.21. The quantitative estimate of drug-likeness (QED) is 0.385. The third-order valence-corrected chi connectivity index (χ3v) is 6.81. The summed E-state index contributed by atoms with van der Waals surface area (Å²) in [4.78, 5) is 60.9. The second kappa shape index (κ2) is 9.96. The van der Waals surface area contributed by atoms with Crippen molar-refractivity contribution in [3.05, 3.63) is 90.8 Å². The predicted octanol–water partition coefficient (Wildman–Crippen LogP) is 2.29. The van der Waals surface area contributed by atoms with Crippen LogP contribution < -0.4 is 20.4 Å². The molecule has 0 aliphatic carbocycles. The van der Waals surface area contributed by atoms with E-state index in [1.807, 2.05) is 0 Å². The summed E-state index contributed by atoms with van der Waals surface area (Å²) in [6.45, 7) is 0. The fourth-order valence-electron chi connectivity index (χ4n) is 4.62. The monoisotopic (exact) mass is 529 g/mol. The van der Waals surface area contributed by atoms with Crippen LogP contribution in [-0.2, 0) is 19.2 Å². The molecule has 2 aliphatic heterocycles. The van der Waals surface area contributed by atoms with Gasteiger partial charge in [0.1, 0.15) is 11.8 Å². The standard InChI is InChI=1S/C26H19N5O4S2/c32-21-19(23(34)30(25(36)28-21)16-7-3-1-4-8-16)18(15-11-13-27-14-12-15)20-22(33)29-26(37)31(24(20)35)17-9-5-2-6-10-17/h1-14,18-20H,(H,28,32,36)(H,29,33,37)/t19-,20-/m0/s1. The Morgan fingerprint density at radius 1 is 0.649 bits per heavy atom. The normalized spacial score (nSPS) is 20.2. The van der Waals surface area contributed by atoms with Crippen molar-refractivity contribution in [3.8, 4) is 0 Å². The van der Waals surface area contributed by atoms with Gasteiger partial charge in [-0.25, -0.2) is 0 Å². The second-order valence-electron chi connectivity index (χ2n) is 8.37. The molecule has 3 aromatic rings. The van der Waals surface area contributed by atoms with Crippen LogP contribution in [0.15, 0.2) is 85.2 Å². The molecule has 4 amide bonds. The van der Waals surface area contributed by atoms with Gasteiger partial charge in [-0.3, -0.25) is 34.0 Å². The highest BCUT2D eigenvalue weighted by Crippen LogP contribution is 2.39. The third kappa shape index (κ3) is 4.39. The summed E-state index contributed by atoms with van der Waals surface area (Å²) >= 11 is 10.6. The average molecular weight is 530 g/mol. The number of nitrogens with zero attached hydrogens (tertiary/aromatic N) is 3. The molecule has 5 rings (SSSR count). The molecule has 0 spiro atoms. The summed E-state index contributed by atoms with van der Waals surface area (Å²) in [5.41, 5.74) is 1.31. The van der Waals surface area contributed by atoms with E-state index in [0.717, 1.165) is 0 Å². The molecule has 0 unspecified atom stereocenters. The van der Waals surface area contributed by atoms with Gasteiger partial charge in [-0.1, -0.05) is 36.4 Å². The van der Waals surface area contributed by atoms with Crippen LogP contribution in [0, 0.1) is 11.8 Å². The maximum atomic E-state index is 13.9. The zero-order valence-corrected chi connectivity index (χ0v) is 20.7. The SMILES string of the molecule is O=C1NC(=S)N(c2ccccc2)C(=O)[C@H]1C(c1ccncc1)[C@H]1C(=O)NC(=S)N(c2ccccc2)C1=O. The summed E-state index contributed by atoms with van der Waals surface area (Å²) in [5, 5.41) is 4.99. The van der Waals surface area contributed by atoms with Crippen LogP contribution in [0.5, 0.6) is 0 Å². The van der Waals surface area contributed by atoms with Gasteiger partial charge in [0.25, 0.3) is 0 Å². The Bertz CT molecular complexity index is 1330. The first-order valence-electron chi connectivity index (χ1n) is 11.3. The maximum Gasteiger partial charge on any atom is 0.246 e. The lowest BCUT2D eigenvalue weighted by molar-refractivity contribution is -0.139. The van der Waals surface area contributed by atoms with Crippen molar-refractivity contribution in [3.63, 3.8) is 0 Å². The largest absolute Gasteiger partial charge is 0.302 e. The van der Waals surface area contributed by atoms with Crippen molar-refractivity contribution in [1.29, 1.82) is 0 Å². The Morgan fingerprint density at radius 3 is 1.46 bits per heavy atom. The second-order valence-corrected chi connectivity index (χ2v) is 9.14. The lowest BCUT2D eigenvalue weighted by Gasteiger charge is -2.41. The zero-order valence-electron chi connectivity index (χ0n) is 19.1. The number of carbonyl (C=O) groups is 4. The predicted molar refractivity (Wildman–Crippen MR) is 143 cm³/mol. The van der Waals surface area contributed by atoms with Gasteiger partial charge in [-0.2, -0.15) is 0 Å². The number of thiocarbonyl (C=S) groups is 2. The number of carbonyl (C=O) groups excluding carboxylic acids is 4. The molecule has 37 heavy (non-hydrogen) atoms. The molecule has 2 aliphatic rings. The number of anilines is 2. The van der Waals surface area contributed by atoms with Gasteiger partial charge in [0.15, 0.2) is 10.2 Å². The van der Waals surface area contributed by atoms with E-state index in [1.54, 1.807) is 72.8 Å². The highest BCUT2D eigenvalue weighted by Gasteiger charge is 2.53. The highest BCUT2D eigenvalue weighted by atomic mass is 32.1. The number of rotatable bonds is 5. The maximum absolute atomic E-state index is 13.9. The number of hydrogen-bond acceptors (Lipinski definition) is 7. The first-order chi connectivity index (χ1) is 17.9. The Hall–Kier alpha value is -4.35. The number of para-hydroxylation sites is 2. The Morgan fingerprint density at radius 2 is 1.05 bits per heavy atom. The molecule has 2 fully saturated rings. The minimum Gasteiger partial charge on any atom is -0.302 e. The van der Waals surface area contributed by atoms with Gasteiger partial charge in [0.05, 0.1) is 11.4 Å². The number of amides is 4. The molecule has 1 aromatic heterocycles. The van der Waals surface area contributed by atoms with Crippen LogP contribution in [0.3, 0.4) is 0 Å². The van der Waals surface area contributed by atoms with Crippen molar-refractivity contribution >= 4 is 69.7 Å². The van der Waals surface area contributed by atoms with E-state index in [0.29, 0.717) is 16.9 Å². The van der Waals surface area contributed by atoms with E-state index >= 15 is 0 Å². The first-order valence-corrected chi connectivity index (χ1v) is 12.1. The molecular weight excluding hydrogens is 510 g/mol. The molecule has 2 N–H and O–H groups in total. The van der Waals surface area contributed by atoms with E-state index in [2.05, 4.69) is 15.6 Å². The minimum absolute atomic E-state index is 0.0857. The topological polar surface area (TPSA) is 112 Å². The van der Waals surface area contributed by atoms with Crippen LogP contribution in [0.1, 0.15) is 11.5 Å². The fraction of sp³-hybridized carbons (Fsp3) is 0.115. The van der Waals surface area contributed by atoms with Gasteiger partial charge in [0.2, 0.25) is 23.6 Å². The summed E-state index contributed by atoms with van der Waals surface area (Å²) in [6, 6.07) is 20.3. The molecule has 3 heterocycles. The van der Waals surface area contributed by atoms with Crippen molar-refractivity contribution in [1.82, 2.24) is 15.6 Å². The van der Waals surface area contributed by atoms with Gasteiger partial charge < -0.3 is 10.6 Å². The Labute approximate surface area is 222 Å². The molecular formula is C26H19N5O4S2. The Balaban J connectivity index is 1.63. The van der Waals surface area contributed by atoms with Crippen molar-refractivity contribution < 1.29 is 19.2 Å². The van der Waals surface area contributed by atoms with Crippen molar-refractivity contribution in [2.75, 3.05) is 9.80 Å². The smallest absolute Gasteiger partial charge is 0.246 e. The molecule has 2 saturated heterocycles. The lowest BCUT2D eigenvalue weighted by Crippen LogP contribution is -2.64. The summed E-state index contributed by atoms with van der Waals surface area (Å²) in [6.07, 6.45) is 2.94. The minimum atomic E-state index is -1.45. The number of hydrogen-bond donors (Lipinski definition) is 2. The molecule has 11 heteroatoms. The number of pyridine rings is 1. The van der Waals surface area contributed by atoms with E-state index in [1.165, 1.54) is 22.2 Å². The lowest BCUT2D eigenvalue weighted by atomic mass is 9.73. The van der Waals surface area contributed by atoms with Crippen LogP contribution in [0.4, 0.5) is 11.4 Å². The number of aromatic nitrogens is 1. The molecule has 0 radical (unpaired) electrons. The average Bonchev–Trinajstić information content (AvgIpc) is 2.89.